The van der Waals surface area contributed by atoms with Crippen LogP contribution in [-0.2, 0) is 4.79 Å². The third-order valence-corrected chi connectivity index (χ3v) is 3.64. The number of nitrogens with one attached hydrogen (secondary N) is 1. The molecule has 0 bridgehead atoms. The van der Waals surface area contributed by atoms with E-state index in [2.05, 4.69) is 15.4 Å². The standard InChI is InChI=1S/C16H19N3O2/c20-16(12-19-8-4-1-5-9-19)18-17-11-14-10-13-6-2-3-7-15(13)21-14/h2-3,6-7,10-11H,1,4-5,8-9,12H2,(H,18,20)/b17-11+. The summed E-state index contributed by atoms with van der Waals surface area (Å²) in [6.07, 6.45) is 5.15. The predicted molar refractivity (Wildman–Crippen MR) is 82.2 cm³/mol. The van der Waals surface area contributed by atoms with Gasteiger partial charge in [0.1, 0.15) is 11.3 Å². The van der Waals surface area contributed by atoms with Gasteiger partial charge in [-0.25, -0.2) is 5.43 Å². The van der Waals surface area contributed by atoms with Crippen molar-refractivity contribution in [2.45, 2.75) is 19.3 Å². The average Bonchev–Trinajstić information content (AvgIpc) is 2.91. The molecule has 1 aliphatic rings. The number of para-hydroxylation sites is 1. The molecular formula is C16H19N3O2. The zero-order valence-electron chi connectivity index (χ0n) is 11.9. The molecule has 0 unspecified atom stereocenters. The Bertz CT molecular complexity index is 609. The normalized spacial score (nSPS) is 16.6. The van der Waals surface area contributed by atoms with Gasteiger partial charge in [-0.2, -0.15) is 5.10 Å². The van der Waals surface area contributed by atoms with Gasteiger partial charge >= 0.3 is 0 Å². The maximum atomic E-state index is 11.8. The molecule has 1 aromatic heterocycles. The topological polar surface area (TPSA) is 57.8 Å². The molecule has 0 spiro atoms. The van der Waals surface area contributed by atoms with Crippen LogP contribution < -0.4 is 5.43 Å². The van der Waals surface area contributed by atoms with Crippen LogP contribution in [0.4, 0.5) is 0 Å². The minimum absolute atomic E-state index is 0.0794. The van der Waals surface area contributed by atoms with Crippen molar-refractivity contribution in [2.24, 2.45) is 5.10 Å². The van der Waals surface area contributed by atoms with Crippen molar-refractivity contribution in [1.29, 1.82) is 0 Å². The van der Waals surface area contributed by atoms with Crippen LogP contribution in [0.3, 0.4) is 0 Å². The second kappa shape index (κ2) is 6.54. The first-order valence-corrected chi connectivity index (χ1v) is 7.34. The average molecular weight is 285 g/mol. The van der Waals surface area contributed by atoms with Crippen LogP contribution in [0.15, 0.2) is 39.9 Å². The molecule has 3 rings (SSSR count). The Morgan fingerprint density at radius 1 is 1.29 bits per heavy atom. The summed E-state index contributed by atoms with van der Waals surface area (Å²) in [5.41, 5.74) is 3.37. The van der Waals surface area contributed by atoms with Crippen LogP contribution in [0.25, 0.3) is 11.0 Å². The number of hydrogen-bond donors (Lipinski definition) is 1. The molecule has 1 saturated heterocycles. The Balaban J connectivity index is 1.52. The number of piperidine rings is 1. The summed E-state index contributed by atoms with van der Waals surface area (Å²) < 4.78 is 5.59. The highest BCUT2D eigenvalue weighted by molar-refractivity contribution is 5.87. The molecule has 1 aromatic carbocycles. The lowest BCUT2D eigenvalue weighted by molar-refractivity contribution is -0.122. The summed E-state index contributed by atoms with van der Waals surface area (Å²) in [5.74, 6) is 0.554. The number of fused-ring (bicyclic) bond motifs is 1. The molecule has 0 saturated carbocycles. The lowest BCUT2D eigenvalue weighted by Gasteiger charge is -2.25. The molecule has 5 nitrogen and oxygen atoms in total. The molecule has 1 N–H and O–H groups in total. The van der Waals surface area contributed by atoms with E-state index in [-0.39, 0.29) is 5.91 Å². The Morgan fingerprint density at radius 3 is 2.90 bits per heavy atom. The zero-order valence-corrected chi connectivity index (χ0v) is 11.9. The number of hydrogen-bond acceptors (Lipinski definition) is 4. The van der Waals surface area contributed by atoms with Gasteiger partial charge in [-0.05, 0) is 38.1 Å². The summed E-state index contributed by atoms with van der Waals surface area (Å²) in [4.78, 5) is 13.9. The number of benzene rings is 1. The predicted octanol–water partition coefficient (Wildman–Crippen LogP) is 2.37. The van der Waals surface area contributed by atoms with E-state index >= 15 is 0 Å². The number of nitrogens with zero attached hydrogens (tertiary/aromatic N) is 2. The fourth-order valence-corrected chi connectivity index (χ4v) is 2.59. The van der Waals surface area contributed by atoms with E-state index in [1.807, 2.05) is 30.3 Å². The van der Waals surface area contributed by atoms with Crippen molar-refractivity contribution >= 4 is 23.1 Å². The van der Waals surface area contributed by atoms with Gasteiger partial charge in [0.2, 0.25) is 0 Å². The van der Waals surface area contributed by atoms with E-state index in [0.717, 1.165) is 24.1 Å². The van der Waals surface area contributed by atoms with Crippen LogP contribution in [0.1, 0.15) is 25.0 Å². The molecular weight excluding hydrogens is 266 g/mol. The number of furan rings is 1. The van der Waals surface area contributed by atoms with E-state index in [1.165, 1.54) is 25.5 Å². The van der Waals surface area contributed by atoms with Gasteiger partial charge in [0.05, 0.1) is 12.8 Å². The second-order valence-corrected chi connectivity index (χ2v) is 5.32. The van der Waals surface area contributed by atoms with E-state index in [4.69, 9.17) is 4.42 Å². The molecule has 5 heteroatoms. The van der Waals surface area contributed by atoms with E-state index in [0.29, 0.717) is 12.3 Å². The summed E-state index contributed by atoms with van der Waals surface area (Å²) >= 11 is 0. The molecule has 1 aliphatic heterocycles. The zero-order chi connectivity index (χ0) is 14.5. The smallest absolute Gasteiger partial charge is 0.254 e. The van der Waals surface area contributed by atoms with E-state index < -0.39 is 0 Å². The Morgan fingerprint density at radius 2 is 2.10 bits per heavy atom. The quantitative estimate of drug-likeness (QED) is 0.693. The largest absolute Gasteiger partial charge is 0.455 e. The number of carbonyl (C=O) groups is 1. The first-order valence-electron chi connectivity index (χ1n) is 7.34. The number of hydrazone groups is 1. The summed E-state index contributed by atoms with van der Waals surface area (Å²) in [7, 11) is 0. The van der Waals surface area contributed by atoms with Gasteiger partial charge in [0, 0.05) is 5.39 Å². The van der Waals surface area contributed by atoms with Crippen molar-refractivity contribution in [1.82, 2.24) is 10.3 Å². The highest BCUT2D eigenvalue weighted by Gasteiger charge is 2.13. The molecule has 2 aromatic rings. The fraction of sp³-hybridized carbons (Fsp3) is 0.375. The molecule has 1 amide bonds. The third kappa shape index (κ3) is 3.70. The van der Waals surface area contributed by atoms with Crippen LogP contribution >= 0.6 is 0 Å². The van der Waals surface area contributed by atoms with Gasteiger partial charge in [0.25, 0.3) is 5.91 Å². The molecule has 0 radical (unpaired) electrons. The lowest BCUT2D eigenvalue weighted by Crippen LogP contribution is -2.38. The van der Waals surface area contributed by atoms with Crippen LogP contribution in [-0.4, -0.2) is 36.7 Å². The summed E-state index contributed by atoms with van der Waals surface area (Å²) in [6, 6.07) is 9.66. The summed E-state index contributed by atoms with van der Waals surface area (Å²) in [6.45, 7) is 2.42. The highest BCUT2D eigenvalue weighted by atomic mass is 16.3. The van der Waals surface area contributed by atoms with E-state index in [1.54, 1.807) is 0 Å². The van der Waals surface area contributed by atoms with Crippen LogP contribution in [0, 0.1) is 0 Å². The molecule has 21 heavy (non-hydrogen) atoms. The maximum Gasteiger partial charge on any atom is 0.254 e. The van der Waals surface area contributed by atoms with Crippen molar-refractivity contribution in [3.05, 3.63) is 36.1 Å². The van der Waals surface area contributed by atoms with Crippen molar-refractivity contribution < 1.29 is 9.21 Å². The van der Waals surface area contributed by atoms with Gasteiger partial charge in [-0.3, -0.25) is 9.69 Å². The van der Waals surface area contributed by atoms with Crippen molar-refractivity contribution in [3.63, 3.8) is 0 Å². The summed E-state index contributed by atoms with van der Waals surface area (Å²) in [5, 5.41) is 4.98. The lowest BCUT2D eigenvalue weighted by atomic mass is 10.1. The molecule has 110 valence electrons. The SMILES string of the molecule is O=C(CN1CCCCC1)N/N=C/c1cc2ccccc2o1. The Hall–Kier alpha value is -2.14. The molecule has 0 atom stereocenters. The van der Waals surface area contributed by atoms with Crippen molar-refractivity contribution in [2.75, 3.05) is 19.6 Å². The molecule has 1 fully saturated rings. The number of rotatable bonds is 4. The van der Waals surface area contributed by atoms with Crippen LogP contribution in [0.2, 0.25) is 0 Å². The minimum Gasteiger partial charge on any atom is -0.455 e. The Labute approximate surface area is 123 Å². The van der Waals surface area contributed by atoms with Crippen LogP contribution in [0.5, 0.6) is 0 Å². The van der Waals surface area contributed by atoms with Gasteiger partial charge in [-0.1, -0.05) is 24.6 Å². The molecule has 0 aliphatic carbocycles. The number of likely N-dealkylation sites (tertiary alicyclic amines) is 1. The Kier molecular flexibility index (Phi) is 4.31. The minimum atomic E-state index is -0.0794. The van der Waals surface area contributed by atoms with Gasteiger partial charge in [0.15, 0.2) is 0 Å². The highest BCUT2D eigenvalue weighted by Crippen LogP contribution is 2.17. The third-order valence-electron chi connectivity index (χ3n) is 3.64. The molecule has 2 heterocycles. The van der Waals surface area contributed by atoms with Gasteiger partial charge in [-0.15, -0.1) is 0 Å². The van der Waals surface area contributed by atoms with Crippen molar-refractivity contribution in [3.8, 4) is 0 Å². The maximum absolute atomic E-state index is 11.8. The van der Waals surface area contributed by atoms with E-state index in [9.17, 15) is 4.79 Å². The number of carbonyl (C=O) groups excluding carboxylic acids is 1. The fourth-order valence-electron chi connectivity index (χ4n) is 2.59. The monoisotopic (exact) mass is 285 g/mol. The first-order chi connectivity index (χ1) is 10.3. The van der Waals surface area contributed by atoms with Gasteiger partial charge < -0.3 is 4.42 Å². The first kappa shape index (κ1) is 13.8. The number of amides is 1. The second-order valence-electron chi connectivity index (χ2n) is 5.32.